The molecule has 0 spiro atoms. The van der Waals surface area contributed by atoms with Crippen molar-refractivity contribution in [2.24, 2.45) is 5.10 Å². The molecule has 0 aliphatic heterocycles. The molecule has 0 atom stereocenters. The number of ether oxygens (including phenoxy) is 1. The summed E-state index contributed by atoms with van der Waals surface area (Å²) in [5.41, 5.74) is 4.29. The third-order valence-electron chi connectivity index (χ3n) is 2.86. The fourth-order valence-corrected chi connectivity index (χ4v) is 1.77. The van der Waals surface area contributed by atoms with Gasteiger partial charge in [0, 0.05) is 12.1 Å². The van der Waals surface area contributed by atoms with Gasteiger partial charge in [0.25, 0.3) is 11.6 Å². The summed E-state index contributed by atoms with van der Waals surface area (Å²) in [7, 11) is 0. The first-order valence-electron chi connectivity index (χ1n) is 6.80. The highest BCUT2D eigenvalue weighted by atomic mass is 16.6. The largest absolute Gasteiger partial charge is 0.484 e. The molecule has 118 valence electrons. The number of nitrogens with one attached hydrogen (secondary N) is 1. The number of non-ortho nitro benzene ring substituents is 1. The SMILES string of the molecule is Cc1cccc(C=NNC(=O)COc2ccc([N+](=O)[O-])cc2)c1. The number of hydrogen-bond acceptors (Lipinski definition) is 5. The molecule has 7 nitrogen and oxygen atoms in total. The number of benzene rings is 2. The van der Waals surface area contributed by atoms with E-state index < -0.39 is 10.8 Å². The summed E-state index contributed by atoms with van der Waals surface area (Å²) in [4.78, 5) is 21.6. The summed E-state index contributed by atoms with van der Waals surface area (Å²) in [5, 5.41) is 14.4. The lowest BCUT2D eigenvalue weighted by atomic mass is 10.2. The standard InChI is InChI=1S/C16H15N3O4/c1-12-3-2-4-13(9-12)10-17-18-16(20)11-23-15-7-5-14(6-8-15)19(21)22/h2-10H,11H2,1H3,(H,18,20). The van der Waals surface area contributed by atoms with Gasteiger partial charge in [-0.25, -0.2) is 5.43 Å². The van der Waals surface area contributed by atoms with Gasteiger partial charge in [-0.05, 0) is 24.6 Å². The third-order valence-corrected chi connectivity index (χ3v) is 2.86. The number of nitrogens with zero attached hydrogens (tertiary/aromatic N) is 2. The number of nitro groups is 1. The Balaban J connectivity index is 1.79. The zero-order chi connectivity index (χ0) is 16.7. The quantitative estimate of drug-likeness (QED) is 0.503. The van der Waals surface area contributed by atoms with E-state index in [0.717, 1.165) is 11.1 Å². The number of carbonyl (C=O) groups excluding carboxylic acids is 1. The smallest absolute Gasteiger partial charge is 0.277 e. The molecule has 0 aliphatic carbocycles. The molecule has 2 aromatic carbocycles. The molecule has 0 heterocycles. The maximum atomic E-state index is 11.6. The topological polar surface area (TPSA) is 93.8 Å². The van der Waals surface area contributed by atoms with E-state index in [9.17, 15) is 14.9 Å². The second kappa shape index (κ2) is 7.69. The van der Waals surface area contributed by atoms with Crippen LogP contribution in [0.2, 0.25) is 0 Å². The van der Waals surface area contributed by atoms with Crippen LogP contribution in [-0.2, 0) is 4.79 Å². The highest BCUT2D eigenvalue weighted by Crippen LogP contribution is 2.16. The van der Waals surface area contributed by atoms with Crippen molar-refractivity contribution in [3.8, 4) is 5.75 Å². The average molecular weight is 313 g/mol. The summed E-state index contributed by atoms with van der Waals surface area (Å²) >= 11 is 0. The molecule has 2 rings (SSSR count). The number of nitro benzene ring substituents is 1. The number of aryl methyl sites for hydroxylation is 1. The van der Waals surface area contributed by atoms with Gasteiger partial charge in [-0.1, -0.05) is 29.8 Å². The van der Waals surface area contributed by atoms with Gasteiger partial charge in [0.2, 0.25) is 0 Å². The lowest BCUT2D eigenvalue weighted by Gasteiger charge is -2.04. The fourth-order valence-electron chi connectivity index (χ4n) is 1.77. The van der Waals surface area contributed by atoms with Crippen LogP contribution in [0.1, 0.15) is 11.1 Å². The number of hydrazone groups is 1. The van der Waals surface area contributed by atoms with Gasteiger partial charge < -0.3 is 4.74 Å². The van der Waals surface area contributed by atoms with E-state index in [1.165, 1.54) is 30.5 Å². The minimum Gasteiger partial charge on any atom is -0.484 e. The Labute approximate surface area is 132 Å². The lowest BCUT2D eigenvalue weighted by Crippen LogP contribution is -2.24. The van der Waals surface area contributed by atoms with Crippen LogP contribution in [0, 0.1) is 17.0 Å². The van der Waals surface area contributed by atoms with E-state index in [-0.39, 0.29) is 12.3 Å². The van der Waals surface area contributed by atoms with Gasteiger partial charge >= 0.3 is 0 Å². The molecular formula is C16H15N3O4. The highest BCUT2D eigenvalue weighted by molar-refractivity contribution is 5.83. The Morgan fingerprint density at radius 1 is 1.30 bits per heavy atom. The Morgan fingerprint density at radius 2 is 2.04 bits per heavy atom. The lowest BCUT2D eigenvalue weighted by molar-refractivity contribution is -0.384. The molecule has 0 fully saturated rings. The van der Waals surface area contributed by atoms with Gasteiger partial charge in [0.1, 0.15) is 5.75 Å². The summed E-state index contributed by atoms with van der Waals surface area (Å²) in [6, 6.07) is 13.2. The van der Waals surface area contributed by atoms with Crippen LogP contribution in [0.25, 0.3) is 0 Å². The van der Waals surface area contributed by atoms with Crippen LogP contribution in [0.3, 0.4) is 0 Å². The van der Waals surface area contributed by atoms with Crippen molar-refractivity contribution in [3.05, 3.63) is 69.8 Å². The number of amides is 1. The molecule has 23 heavy (non-hydrogen) atoms. The molecule has 0 radical (unpaired) electrons. The number of carbonyl (C=O) groups is 1. The van der Waals surface area contributed by atoms with E-state index in [2.05, 4.69) is 10.5 Å². The molecule has 0 aromatic heterocycles. The molecular weight excluding hydrogens is 298 g/mol. The molecule has 0 bridgehead atoms. The summed E-state index contributed by atoms with van der Waals surface area (Å²) < 4.78 is 5.22. The average Bonchev–Trinajstić information content (AvgIpc) is 2.53. The van der Waals surface area contributed by atoms with E-state index >= 15 is 0 Å². The Bertz CT molecular complexity index is 726. The summed E-state index contributed by atoms with van der Waals surface area (Å²) in [6.07, 6.45) is 1.54. The molecule has 0 aliphatic rings. The number of hydrogen-bond donors (Lipinski definition) is 1. The zero-order valence-electron chi connectivity index (χ0n) is 12.4. The molecule has 0 unspecified atom stereocenters. The summed E-state index contributed by atoms with van der Waals surface area (Å²) in [5.74, 6) is -0.0549. The van der Waals surface area contributed by atoms with E-state index in [1.54, 1.807) is 0 Å². The summed E-state index contributed by atoms with van der Waals surface area (Å²) in [6.45, 7) is 1.73. The second-order valence-electron chi connectivity index (χ2n) is 4.75. The third kappa shape index (κ3) is 5.24. The van der Waals surface area contributed by atoms with Gasteiger partial charge in [-0.15, -0.1) is 0 Å². The predicted octanol–water partition coefficient (Wildman–Crippen LogP) is 2.43. The van der Waals surface area contributed by atoms with Crippen LogP contribution < -0.4 is 10.2 Å². The second-order valence-corrected chi connectivity index (χ2v) is 4.75. The first kappa shape index (κ1) is 16.2. The minimum absolute atomic E-state index is 0.0374. The molecule has 2 aromatic rings. The molecule has 0 saturated heterocycles. The zero-order valence-corrected chi connectivity index (χ0v) is 12.4. The Kier molecular flexibility index (Phi) is 5.40. The van der Waals surface area contributed by atoms with Crippen molar-refractivity contribution in [3.63, 3.8) is 0 Å². The van der Waals surface area contributed by atoms with Crippen molar-refractivity contribution >= 4 is 17.8 Å². The molecule has 1 N–H and O–H groups in total. The monoisotopic (exact) mass is 313 g/mol. The van der Waals surface area contributed by atoms with E-state index in [4.69, 9.17) is 4.74 Å². The molecule has 1 amide bonds. The van der Waals surface area contributed by atoms with Crippen LogP contribution in [0.5, 0.6) is 5.75 Å². The minimum atomic E-state index is -0.503. The van der Waals surface area contributed by atoms with Crippen LogP contribution >= 0.6 is 0 Å². The maximum absolute atomic E-state index is 11.6. The molecule has 7 heteroatoms. The van der Waals surface area contributed by atoms with E-state index in [0.29, 0.717) is 5.75 Å². The van der Waals surface area contributed by atoms with Crippen LogP contribution in [-0.4, -0.2) is 23.7 Å². The normalized spacial score (nSPS) is 10.5. The first-order chi connectivity index (χ1) is 11.0. The highest BCUT2D eigenvalue weighted by Gasteiger charge is 2.06. The van der Waals surface area contributed by atoms with Crippen molar-refractivity contribution in [1.82, 2.24) is 5.43 Å². The van der Waals surface area contributed by atoms with Crippen molar-refractivity contribution in [2.45, 2.75) is 6.92 Å². The fraction of sp³-hybridized carbons (Fsp3) is 0.125. The van der Waals surface area contributed by atoms with Crippen LogP contribution in [0.15, 0.2) is 53.6 Å². The van der Waals surface area contributed by atoms with Gasteiger partial charge in [-0.3, -0.25) is 14.9 Å². The Morgan fingerprint density at radius 3 is 2.70 bits per heavy atom. The van der Waals surface area contributed by atoms with Crippen molar-refractivity contribution in [2.75, 3.05) is 6.61 Å². The van der Waals surface area contributed by atoms with Gasteiger partial charge in [0.05, 0.1) is 11.1 Å². The van der Waals surface area contributed by atoms with Gasteiger partial charge in [0.15, 0.2) is 6.61 Å². The van der Waals surface area contributed by atoms with Gasteiger partial charge in [-0.2, -0.15) is 5.10 Å². The number of rotatable bonds is 6. The predicted molar refractivity (Wildman–Crippen MR) is 85.5 cm³/mol. The Hall–Kier alpha value is -3.22. The van der Waals surface area contributed by atoms with Crippen molar-refractivity contribution < 1.29 is 14.5 Å². The van der Waals surface area contributed by atoms with Crippen LogP contribution in [0.4, 0.5) is 5.69 Å². The molecule has 0 saturated carbocycles. The van der Waals surface area contributed by atoms with E-state index in [1.807, 2.05) is 31.2 Å². The first-order valence-corrected chi connectivity index (χ1v) is 6.80. The maximum Gasteiger partial charge on any atom is 0.277 e. The van der Waals surface area contributed by atoms with Crippen molar-refractivity contribution in [1.29, 1.82) is 0 Å².